The Balaban J connectivity index is 1.88. The van der Waals surface area contributed by atoms with E-state index in [1.54, 1.807) is 25.1 Å². The zero-order valence-electron chi connectivity index (χ0n) is 26.0. The summed E-state index contributed by atoms with van der Waals surface area (Å²) in [6.07, 6.45) is -7.76. The lowest BCUT2D eigenvalue weighted by atomic mass is 9.98. The number of carbonyl (C=O) groups is 5. The predicted molar refractivity (Wildman–Crippen MR) is 158 cm³/mol. The summed E-state index contributed by atoms with van der Waals surface area (Å²) in [6.45, 7) is 5.86. The molecule has 1 aliphatic heterocycles. The summed E-state index contributed by atoms with van der Waals surface area (Å²) in [5, 5.41) is 0.0942. The van der Waals surface area contributed by atoms with Gasteiger partial charge in [-0.25, -0.2) is 9.59 Å². The van der Waals surface area contributed by atoms with E-state index in [4.69, 9.17) is 42.3 Å². The average Bonchev–Trinajstić information content (AvgIpc) is 3.00. The van der Waals surface area contributed by atoms with Gasteiger partial charge >= 0.3 is 35.5 Å². The summed E-state index contributed by atoms with van der Waals surface area (Å²) in [7, 11) is 0. The van der Waals surface area contributed by atoms with Crippen molar-refractivity contribution in [2.45, 2.75) is 65.3 Å². The van der Waals surface area contributed by atoms with E-state index in [-0.39, 0.29) is 22.3 Å². The molecule has 4 rings (SSSR count). The van der Waals surface area contributed by atoms with Crippen LogP contribution in [0.3, 0.4) is 0 Å². The van der Waals surface area contributed by atoms with Crippen molar-refractivity contribution in [3.63, 3.8) is 0 Å². The van der Waals surface area contributed by atoms with Crippen molar-refractivity contribution in [1.29, 1.82) is 0 Å². The van der Waals surface area contributed by atoms with Gasteiger partial charge in [0, 0.05) is 33.8 Å². The van der Waals surface area contributed by atoms with Gasteiger partial charge in [-0.3, -0.25) is 19.2 Å². The summed E-state index contributed by atoms with van der Waals surface area (Å²) in [5.74, 6) is -4.94. The standard InChI is InChI=1S/C32H32O15/c1-6-39-21-12-13-22-23(14-21)44-31(38)28(46-30(37)20-10-8-7-9-11-20)25(22)47-32-29(43-19(5)36)27(42-18(4)35)26(41-17(3)34)24(45-32)15-40-16(2)33/h7-14,24,26-27,29,32H,6,15H2,1-5H3/t24-,26+,27+,29-,32+/m1/s1. The van der Waals surface area contributed by atoms with Gasteiger partial charge in [-0.05, 0) is 31.2 Å². The molecule has 0 radical (unpaired) electrons. The zero-order chi connectivity index (χ0) is 34.2. The molecule has 250 valence electrons. The van der Waals surface area contributed by atoms with E-state index in [1.165, 1.54) is 30.3 Å². The SMILES string of the molecule is CCOc1ccc2c(O[C@@H]3O[C@H](COC(C)=O)[C@H](OC(C)=O)[C@H](OC(C)=O)[C@H]3OC(C)=O)c(OC(=O)c3ccccc3)c(=O)oc2c1. The first-order chi connectivity index (χ1) is 22.4. The predicted octanol–water partition coefficient (Wildman–Crippen LogP) is 2.87. The number of rotatable bonds is 11. The van der Waals surface area contributed by atoms with Crippen LogP contribution in [0, 0.1) is 0 Å². The molecule has 0 N–H and O–H groups in total. The van der Waals surface area contributed by atoms with Crippen LogP contribution < -0.4 is 19.8 Å². The zero-order valence-corrected chi connectivity index (χ0v) is 26.0. The fourth-order valence-electron chi connectivity index (χ4n) is 4.72. The minimum Gasteiger partial charge on any atom is -0.494 e. The molecule has 0 bridgehead atoms. The molecule has 0 aliphatic carbocycles. The second-order valence-corrected chi connectivity index (χ2v) is 10.1. The van der Waals surface area contributed by atoms with E-state index in [0.717, 1.165) is 27.7 Å². The van der Waals surface area contributed by atoms with Crippen LogP contribution in [0.4, 0.5) is 0 Å². The lowest BCUT2D eigenvalue weighted by molar-refractivity contribution is -0.288. The Kier molecular flexibility index (Phi) is 11.2. The summed E-state index contributed by atoms with van der Waals surface area (Å²) < 4.78 is 50.1. The molecule has 1 aliphatic rings. The minimum absolute atomic E-state index is 0.0407. The maximum Gasteiger partial charge on any atom is 0.383 e. The van der Waals surface area contributed by atoms with E-state index < -0.39 is 78.5 Å². The molecular weight excluding hydrogens is 624 g/mol. The van der Waals surface area contributed by atoms with Gasteiger partial charge in [0.25, 0.3) is 5.75 Å². The number of benzene rings is 2. The monoisotopic (exact) mass is 656 g/mol. The molecule has 2 aromatic carbocycles. The minimum atomic E-state index is -1.75. The van der Waals surface area contributed by atoms with Gasteiger partial charge < -0.3 is 42.3 Å². The van der Waals surface area contributed by atoms with Gasteiger partial charge in [0.1, 0.15) is 24.0 Å². The fraction of sp³-hybridized carbons (Fsp3) is 0.375. The second kappa shape index (κ2) is 15.2. The van der Waals surface area contributed by atoms with Crippen LogP contribution in [-0.2, 0) is 42.9 Å². The van der Waals surface area contributed by atoms with Gasteiger partial charge in [-0.2, -0.15) is 0 Å². The van der Waals surface area contributed by atoms with Gasteiger partial charge in [-0.1, -0.05) is 18.2 Å². The third-order valence-corrected chi connectivity index (χ3v) is 6.49. The Labute approximate surface area is 267 Å². The molecule has 1 fully saturated rings. The second-order valence-electron chi connectivity index (χ2n) is 10.1. The van der Waals surface area contributed by atoms with Crippen molar-refractivity contribution in [2.24, 2.45) is 0 Å². The van der Waals surface area contributed by atoms with E-state index in [1.807, 2.05) is 0 Å². The summed E-state index contributed by atoms with van der Waals surface area (Å²) in [4.78, 5) is 74.7. The Bertz CT molecular complexity index is 1700. The van der Waals surface area contributed by atoms with E-state index >= 15 is 0 Å². The molecule has 3 aromatic rings. The van der Waals surface area contributed by atoms with E-state index in [9.17, 15) is 28.8 Å². The number of fused-ring (bicyclic) bond motifs is 1. The van der Waals surface area contributed by atoms with Crippen LogP contribution >= 0.6 is 0 Å². The molecule has 15 heteroatoms. The molecule has 0 unspecified atom stereocenters. The third kappa shape index (κ3) is 8.64. The van der Waals surface area contributed by atoms with Crippen molar-refractivity contribution >= 4 is 40.8 Å². The van der Waals surface area contributed by atoms with Crippen LogP contribution in [0.25, 0.3) is 11.0 Å². The van der Waals surface area contributed by atoms with Crippen molar-refractivity contribution in [3.8, 4) is 17.2 Å². The Morgan fingerprint density at radius 1 is 0.766 bits per heavy atom. The van der Waals surface area contributed by atoms with Crippen molar-refractivity contribution < 1.29 is 66.3 Å². The largest absolute Gasteiger partial charge is 0.494 e. The van der Waals surface area contributed by atoms with Gasteiger partial charge in [0.2, 0.25) is 12.4 Å². The van der Waals surface area contributed by atoms with Crippen LogP contribution in [0.15, 0.2) is 57.7 Å². The Morgan fingerprint density at radius 2 is 1.40 bits per heavy atom. The highest BCUT2D eigenvalue weighted by atomic mass is 16.7. The highest BCUT2D eigenvalue weighted by molar-refractivity contribution is 5.93. The first kappa shape index (κ1) is 34.4. The summed E-state index contributed by atoms with van der Waals surface area (Å²) in [5.41, 5.74) is -1.07. The fourth-order valence-corrected chi connectivity index (χ4v) is 4.72. The Morgan fingerprint density at radius 3 is 2.02 bits per heavy atom. The summed E-state index contributed by atoms with van der Waals surface area (Å²) >= 11 is 0. The van der Waals surface area contributed by atoms with Gasteiger partial charge in [0.15, 0.2) is 18.0 Å². The molecule has 0 spiro atoms. The van der Waals surface area contributed by atoms with Crippen LogP contribution in [0.2, 0.25) is 0 Å². The van der Waals surface area contributed by atoms with Crippen molar-refractivity contribution in [3.05, 3.63) is 64.5 Å². The third-order valence-electron chi connectivity index (χ3n) is 6.49. The smallest absolute Gasteiger partial charge is 0.383 e. The highest BCUT2D eigenvalue weighted by Gasteiger charge is 2.53. The first-order valence-corrected chi connectivity index (χ1v) is 14.4. The number of esters is 5. The first-order valence-electron chi connectivity index (χ1n) is 14.4. The number of ether oxygens (including phenoxy) is 8. The summed E-state index contributed by atoms with van der Waals surface area (Å²) in [6, 6.07) is 12.2. The van der Waals surface area contributed by atoms with Gasteiger partial charge in [0.05, 0.1) is 17.6 Å². The maximum absolute atomic E-state index is 13.3. The maximum atomic E-state index is 13.3. The molecule has 5 atom stereocenters. The molecule has 0 amide bonds. The molecule has 1 saturated heterocycles. The quantitative estimate of drug-likeness (QED) is 0.166. The van der Waals surface area contributed by atoms with Crippen molar-refractivity contribution in [1.82, 2.24) is 0 Å². The number of carbonyl (C=O) groups excluding carboxylic acids is 5. The topological polar surface area (TPSA) is 189 Å². The van der Waals surface area contributed by atoms with Crippen molar-refractivity contribution in [2.75, 3.05) is 13.2 Å². The Hall–Kier alpha value is -5.44. The molecule has 47 heavy (non-hydrogen) atoms. The lowest BCUT2D eigenvalue weighted by Gasteiger charge is -2.44. The van der Waals surface area contributed by atoms with E-state index in [2.05, 4.69) is 0 Å². The molecule has 2 heterocycles. The average molecular weight is 657 g/mol. The molecule has 1 aromatic heterocycles. The van der Waals surface area contributed by atoms with Crippen LogP contribution in [-0.4, -0.2) is 73.8 Å². The van der Waals surface area contributed by atoms with Crippen LogP contribution in [0.1, 0.15) is 45.0 Å². The van der Waals surface area contributed by atoms with Crippen LogP contribution in [0.5, 0.6) is 17.2 Å². The lowest BCUT2D eigenvalue weighted by Crippen LogP contribution is -2.63. The van der Waals surface area contributed by atoms with Gasteiger partial charge in [-0.15, -0.1) is 0 Å². The number of hydrogen-bond donors (Lipinski definition) is 0. The molecule has 15 nitrogen and oxygen atoms in total. The molecule has 0 saturated carbocycles. The number of hydrogen-bond acceptors (Lipinski definition) is 15. The highest BCUT2D eigenvalue weighted by Crippen LogP contribution is 2.39. The van der Waals surface area contributed by atoms with E-state index in [0.29, 0.717) is 12.4 Å². The normalized spacial score (nSPS) is 20.4. The molecular formula is C32H32O15.